The van der Waals surface area contributed by atoms with Crippen LogP contribution in [0.3, 0.4) is 0 Å². The van der Waals surface area contributed by atoms with Crippen LogP contribution in [0.4, 0.5) is 5.69 Å². The number of nitrogens with zero attached hydrogens (tertiary/aromatic N) is 1. The van der Waals surface area contributed by atoms with Crippen LogP contribution in [-0.2, 0) is 16.1 Å². The Morgan fingerprint density at radius 1 is 1.33 bits per heavy atom. The molecule has 4 heteroatoms. The summed E-state index contributed by atoms with van der Waals surface area (Å²) in [6.07, 6.45) is 1.77. The van der Waals surface area contributed by atoms with Crippen molar-refractivity contribution in [3.05, 3.63) is 24.0 Å². The average Bonchev–Trinajstić information content (AvgIpc) is 2.29. The predicted octanol–water partition coefficient (Wildman–Crippen LogP) is 1.68. The summed E-state index contributed by atoms with van der Waals surface area (Å²) in [6, 6.07) is 3.89. The predicted molar refractivity (Wildman–Crippen MR) is 59.9 cm³/mol. The summed E-state index contributed by atoms with van der Waals surface area (Å²) in [7, 11) is 1.88. The van der Waals surface area contributed by atoms with E-state index in [1.807, 2.05) is 26.1 Å². The van der Waals surface area contributed by atoms with Gasteiger partial charge >= 0.3 is 0 Å². The van der Waals surface area contributed by atoms with Crippen molar-refractivity contribution < 1.29 is 9.47 Å². The van der Waals surface area contributed by atoms with E-state index >= 15 is 0 Å². The van der Waals surface area contributed by atoms with Gasteiger partial charge in [-0.2, -0.15) is 0 Å². The van der Waals surface area contributed by atoms with E-state index in [2.05, 4.69) is 10.3 Å². The molecule has 0 unspecified atom stereocenters. The lowest BCUT2D eigenvalue weighted by molar-refractivity contribution is 0.0441. The summed E-state index contributed by atoms with van der Waals surface area (Å²) >= 11 is 0. The van der Waals surface area contributed by atoms with Gasteiger partial charge in [-0.15, -0.1) is 0 Å². The summed E-state index contributed by atoms with van der Waals surface area (Å²) < 4.78 is 10.6. The van der Waals surface area contributed by atoms with Crippen LogP contribution in [0.15, 0.2) is 18.3 Å². The fraction of sp³-hybridized carbons (Fsp3) is 0.545. The van der Waals surface area contributed by atoms with Crippen LogP contribution in [0.25, 0.3) is 0 Å². The molecule has 0 aromatic carbocycles. The standard InChI is InChI=1S/C11H18N2O2/c1-3-14-6-7-15-9-11-8-10(12-2)4-5-13-11/h4-5,8H,3,6-7,9H2,1-2H3,(H,12,13). The van der Waals surface area contributed by atoms with Crippen LogP contribution in [0.1, 0.15) is 12.6 Å². The van der Waals surface area contributed by atoms with Crippen LogP contribution < -0.4 is 5.32 Å². The molecule has 15 heavy (non-hydrogen) atoms. The molecule has 0 amide bonds. The van der Waals surface area contributed by atoms with E-state index in [1.54, 1.807) is 6.20 Å². The fourth-order valence-corrected chi connectivity index (χ4v) is 1.15. The average molecular weight is 210 g/mol. The number of aromatic nitrogens is 1. The second kappa shape index (κ2) is 7.20. The Morgan fingerprint density at radius 3 is 2.87 bits per heavy atom. The molecule has 0 bridgehead atoms. The first kappa shape index (κ1) is 11.9. The third-order valence-electron chi connectivity index (χ3n) is 1.93. The highest BCUT2D eigenvalue weighted by atomic mass is 16.5. The van der Waals surface area contributed by atoms with Gasteiger partial charge in [0.25, 0.3) is 0 Å². The lowest BCUT2D eigenvalue weighted by Crippen LogP contribution is -2.05. The monoisotopic (exact) mass is 210 g/mol. The van der Waals surface area contributed by atoms with Gasteiger partial charge in [0.2, 0.25) is 0 Å². The van der Waals surface area contributed by atoms with Gasteiger partial charge in [0.1, 0.15) is 0 Å². The number of pyridine rings is 1. The Labute approximate surface area is 90.6 Å². The van der Waals surface area contributed by atoms with Gasteiger partial charge in [0.05, 0.1) is 25.5 Å². The number of hydrogen-bond donors (Lipinski definition) is 1. The number of hydrogen-bond acceptors (Lipinski definition) is 4. The van der Waals surface area contributed by atoms with Crippen LogP contribution in [0.5, 0.6) is 0 Å². The first-order chi connectivity index (χ1) is 7.36. The highest BCUT2D eigenvalue weighted by Gasteiger charge is 1.96. The molecule has 0 radical (unpaired) electrons. The minimum Gasteiger partial charge on any atom is -0.388 e. The SMILES string of the molecule is CCOCCOCc1cc(NC)ccn1. The molecule has 0 aliphatic carbocycles. The largest absolute Gasteiger partial charge is 0.388 e. The molecule has 0 atom stereocenters. The highest BCUT2D eigenvalue weighted by molar-refractivity contribution is 5.42. The Bertz CT molecular complexity index is 279. The normalized spacial score (nSPS) is 10.3. The molecule has 1 aromatic heterocycles. The first-order valence-corrected chi connectivity index (χ1v) is 5.15. The summed E-state index contributed by atoms with van der Waals surface area (Å²) in [6.45, 7) is 4.49. The zero-order valence-electron chi connectivity index (χ0n) is 9.32. The van der Waals surface area contributed by atoms with Crippen molar-refractivity contribution in [2.24, 2.45) is 0 Å². The highest BCUT2D eigenvalue weighted by Crippen LogP contribution is 2.07. The van der Waals surface area contributed by atoms with Gasteiger partial charge in [-0.1, -0.05) is 0 Å². The Hall–Kier alpha value is -1.13. The van der Waals surface area contributed by atoms with E-state index in [0.29, 0.717) is 19.8 Å². The molecule has 0 fully saturated rings. The maximum Gasteiger partial charge on any atom is 0.0889 e. The van der Waals surface area contributed by atoms with E-state index in [4.69, 9.17) is 9.47 Å². The molecule has 0 saturated carbocycles. The Balaban J connectivity index is 2.24. The second-order valence-electron chi connectivity index (χ2n) is 3.04. The molecule has 84 valence electrons. The lowest BCUT2D eigenvalue weighted by atomic mass is 10.3. The van der Waals surface area contributed by atoms with Gasteiger partial charge in [0.15, 0.2) is 0 Å². The molecule has 0 aliphatic rings. The molecule has 1 heterocycles. The van der Waals surface area contributed by atoms with Crippen LogP contribution in [-0.4, -0.2) is 31.9 Å². The molecule has 1 N–H and O–H groups in total. The van der Waals surface area contributed by atoms with Crippen molar-refractivity contribution in [1.29, 1.82) is 0 Å². The van der Waals surface area contributed by atoms with Crippen molar-refractivity contribution in [2.45, 2.75) is 13.5 Å². The van der Waals surface area contributed by atoms with Gasteiger partial charge in [-0.25, -0.2) is 0 Å². The van der Waals surface area contributed by atoms with Crippen molar-refractivity contribution in [3.63, 3.8) is 0 Å². The zero-order valence-corrected chi connectivity index (χ0v) is 9.32. The molecule has 0 saturated heterocycles. The number of nitrogens with one attached hydrogen (secondary N) is 1. The quantitative estimate of drug-likeness (QED) is 0.695. The van der Waals surface area contributed by atoms with Gasteiger partial charge in [0, 0.05) is 25.5 Å². The summed E-state index contributed by atoms with van der Waals surface area (Å²) in [5, 5.41) is 3.06. The van der Waals surface area contributed by atoms with Crippen LogP contribution >= 0.6 is 0 Å². The molecule has 1 aromatic rings. The smallest absolute Gasteiger partial charge is 0.0889 e. The van der Waals surface area contributed by atoms with Crippen LogP contribution in [0, 0.1) is 0 Å². The van der Waals surface area contributed by atoms with E-state index in [9.17, 15) is 0 Å². The van der Waals surface area contributed by atoms with Gasteiger partial charge in [-0.3, -0.25) is 4.98 Å². The van der Waals surface area contributed by atoms with E-state index in [0.717, 1.165) is 18.0 Å². The zero-order chi connectivity index (χ0) is 10.9. The number of anilines is 1. The number of rotatable bonds is 7. The second-order valence-corrected chi connectivity index (χ2v) is 3.04. The molecular weight excluding hydrogens is 192 g/mol. The third-order valence-corrected chi connectivity index (χ3v) is 1.93. The maximum absolute atomic E-state index is 5.41. The van der Waals surface area contributed by atoms with Crippen molar-refractivity contribution >= 4 is 5.69 Å². The molecule has 4 nitrogen and oxygen atoms in total. The van der Waals surface area contributed by atoms with Crippen LogP contribution in [0.2, 0.25) is 0 Å². The van der Waals surface area contributed by atoms with Crippen molar-refractivity contribution in [2.75, 3.05) is 32.2 Å². The molecular formula is C11H18N2O2. The minimum atomic E-state index is 0.530. The molecule has 0 aliphatic heterocycles. The van der Waals surface area contributed by atoms with E-state index < -0.39 is 0 Å². The van der Waals surface area contributed by atoms with Crippen molar-refractivity contribution in [1.82, 2.24) is 4.98 Å². The minimum absolute atomic E-state index is 0.530. The summed E-state index contributed by atoms with van der Waals surface area (Å²) in [5.41, 5.74) is 1.98. The van der Waals surface area contributed by atoms with Gasteiger partial charge in [-0.05, 0) is 19.1 Å². The topological polar surface area (TPSA) is 43.4 Å². The van der Waals surface area contributed by atoms with Crippen molar-refractivity contribution in [3.8, 4) is 0 Å². The third kappa shape index (κ3) is 4.76. The molecule has 1 rings (SSSR count). The fourth-order valence-electron chi connectivity index (χ4n) is 1.15. The van der Waals surface area contributed by atoms with E-state index in [-0.39, 0.29) is 0 Å². The summed E-state index contributed by atoms with van der Waals surface area (Å²) in [5.74, 6) is 0. The van der Waals surface area contributed by atoms with Gasteiger partial charge < -0.3 is 14.8 Å². The summed E-state index contributed by atoms with van der Waals surface area (Å²) in [4.78, 5) is 4.20. The molecule has 0 spiro atoms. The Morgan fingerprint density at radius 2 is 2.13 bits per heavy atom. The maximum atomic E-state index is 5.41. The van der Waals surface area contributed by atoms with E-state index in [1.165, 1.54) is 0 Å². The Kier molecular flexibility index (Phi) is 5.73. The lowest BCUT2D eigenvalue weighted by Gasteiger charge is -2.05. The first-order valence-electron chi connectivity index (χ1n) is 5.15. The number of ether oxygens (including phenoxy) is 2.